The molecule has 0 atom stereocenters. The molecule has 2 aromatic rings. The summed E-state index contributed by atoms with van der Waals surface area (Å²) in [6.45, 7) is 6.20. The molecule has 0 aliphatic heterocycles. The predicted octanol–water partition coefficient (Wildman–Crippen LogP) is 3.33. The van der Waals surface area contributed by atoms with Gasteiger partial charge in [-0.3, -0.25) is 9.48 Å². The van der Waals surface area contributed by atoms with E-state index in [1.807, 2.05) is 35.1 Å². The van der Waals surface area contributed by atoms with E-state index in [1.165, 1.54) is 0 Å². The quantitative estimate of drug-likeness (QED) is 0.920. The minimum Gasteiger partial charge on any atom is -0.497 e. The highest BCUT2D eigenvalue weighted by Crippen LogP contribution is 2.27. The molecule has 1 aromatic carbocycles. The number of aliphatic carboxylic acids is 1. The van der Waals surface area contributed by atoms with E-state index < -0.39 is 5.97 Å². The number of hydrogen-bond donors (Lipinski definition) is 1. The van der Waals surface area contributed by atoms with Gasteiger partial charge in [0.2, 0.25) is 0 Å². The van der Waals surface area contributed by atoms with Crippen molar-refractivity contribution < 1.29 is 14.6 Å². The van der Waals surface area contributed by atoms with Crippen molar-refractivity contribution in [2.75, 3.05) is 7.11 Å². The van der Waals surface area contributed by atoms with Gasteiger partial charge in [0.05, 0.1) is 18.3 Å². The highest BCUT2D eigenvalue weighted by atomic mass is 16.5. The van der Waals surface area contributed by atoms with E-state index in [9.17, 15) is 4.79 Å². The lowest BCUT2D eigenvalue weighted by Crippen LogP contribution is -2.22. The largest absolute Gasteiger partial charge is 0.497 e. The Morgan fingerprint density at radius 1 is 1.27 bits per heavy atom. The molecular weight excluding hydrogens is 280 g/mol. The van der Waals surface area contributed by atoms with Crippen LogP contribution in [-0.4, -0.2) is 28.0 Å². The minimum absolute atomic E-state index is 0.0962. The molecule has 0 aliphatic carbocycles. The van der Waals surface area contributed by atoms with Gasteiger partial charge in [0.15, 0.2) is 0 Å². The summed E-state index contributed by atoms with van der Waals surface area (Å²) in [7, 11) is 1.63. The molecule has 1 aromatic heterocycles. The second kappa shape index (κ2) is 6.22. The molecule has 0 spiro atoms. The van der Waals surface area contributed by atoms with Gasteiger partial charge < -0.3 is 9.84 Å². The fourth-order valence-corrected chi connectivity index (χ4v) is 2.17. The number of carboxylic acid groups (broad SMARTS) is 1. The van der Waals surface area contributed by atoms with Crippen molar-refractivity contribution in [2.24, 2.45) is 0 Å². The van der Waals surface area contributed by atoms with Crippen LogP contribution in [0.4, 0.5) is 0 Å². The zero-order valence-electron chi connectivity index (χ0n) is 13.5. The molecule has 0 aliphatic rings. The van der Waals surface area contributed by atoms with Crippen molar-refractivity contribution in [3.63, 3.8) is 0 Å². The Hall–Kier alpha value is -2.30. The molecule has 5 nitrogen and oxygen atoms in total. The Balaban J connectivity index is 2.41. The normalized spacial score (nSPS) is 11.5. The predicted molar refractivity (Wildman–Crippen MR) is 85.2 cm³/mol. The molecular formula is C17H22N2O3. The van der Waals surface area contributed by atoms with Crippen LogP contribution in [0, 0.1) is 0 Å². The van der Waals surface area contributed by atoms with Gasteiger partial charge in [0.1, 0.15) is 5.75 Å². The van der Waals surface area contributed by atoms with Crippen LogP contribution in [0.25, 0.3) is 11.3 Å². The van der Waals surface area contributed by atoms with Gasteiger partial charge >= 0.3 is 5.97 Å². The third-order valence-corrected chi connectivity index (χ3v) is 3.45. The van der Waals surface area contributed by atoms with Gasteiger partial charge in [0, 0.05) is 18.2 Å². The Morgan fingerprint density at radius 2 is 1.91 bits per heavy atom. The van der Waals surface area contributed by atoms with E-state index >= 15 is 0 Å². The lowest BCUT2D eigenvalue weighted by Gasteiger charge is -2.18. The Bertz CT molecular complexity index is 652. The summed E-state index contributed by atoms with van der Waals surface area (Å²) in [5, 5.41) is 13.6. The van der Waals surface area contributed by atoms with Crippen LogP contribution < -0.4 is 4.74 Å². The third kappa shape index (κ3) is 3.67. The van der Waals surface area contributed by atoms with Crippen LogP contribution in [-0.2, 0) is 16.8 Å². The fourth-order valence-electron chi connectivity index (χ4n) is 2.17. The van der Waals surface area contributed by atoms with Gasteiger partial charge in [-0.05, 0) is 57.0 Å². The van der Waals surface area contributed by atoms with E-state index in [0.29, 0.717) is 6.42 Å². The number of carbonyl (C=O) groups is 1. The van der Waals surface area contributed by atoms with E-state index in [4.69, 9.17) is 9.84 Å². The van der Waals surface area contributed by atoms with Crippen LogP contribution in [0.3, 0.4) is 0 Å². The molecule has 0 bridgehead atoms. The lowest BCUT2D eigenvalue weighted by atomic mass is 10.0. The Labute approximate surface area is 130 Å². The van der Waals surface area contributed by atoms with Crippen LogP contribution in [0.2, 0.25) is 0 Å². The molecule has 5 heteroatoms. The number of hydrogen-bond acceptors (Lipinski definition) is 3. The van der Waals surface area contributed by atoms with Gasteiger partial charge in [0.25, 0.3) is 0 Å². The lowest BCUT2D eigenvalue weighted by molar-refractivity contribution is -0.136. The minimum atomic E-state index is -0.802. The molecule has 118 valence electrons. The van der Waals surface area contributed by atoms with Crippen LogP contribution in [0.1, 0.15) is 32.8 Å². The van der Waals surface area contributed by atoms with Crippen LogP contribution >= 0.6 is 0 Å². The zero-order valence-corrected chi connectivity index (χ0v) is 13.5. The molecule has 22 heavy (non-hydrogen) atoms. The first-order chi connectivity index (χ1) is 10.3. The van der Waals surface area contributed by atoms with E-state index in [1.54, 1.807) is 7.11 Å². The summed E-state index contributed by atoms with van der Waals surface area (Å²) in [5.74, 6) is -0.0183. The molecule has 0 saturated heterocycles. The highest BCUT2D eigenvalue weighted by molar-refractivity contribution is 5.69. The standard InChI is InChI=1S/C17H22N2O3/c1-17(2,3)19-11-13(7-10-15(20)21)16(18-19)12-5-8-14(22-4)9-6-12/h5-6,8-9,11H,7,10H2,1-4H3,(H,20,21). The van der Waals surface area contributed by atoms with Gasteiger partial charge in [-0.1, -0.05) is 0 Å². The summed E-state index contributed by atoms with van der Waals surface area (Å²) in [6, 6.07) is 7.65. The number of ether oxygens (including phenoxy) is 1. The summed E-state index contributed by atoms with van der Waals surface area (Å²) in [4.78, 5) is 10.9. The molecule has 0 amide bonds. The maximum atomic E-state index is 10.9. The van der Waals surface area contributed by atoms with E-state index in [0.717, 1.165) is 22.6 Å². The summed E-state index contributed by atoms with van der Waals surface area (Å²) < 4.78 is 7.06. The Kier molecular flexibility index (Phi) is 4.54. The van der Waals surface area contributed by atoms with E-state index in [2.05, 4.69) is 25.9 Å². The SMILES string of the molecule is COc1ccc(-c2nn(C(C)(C)C)cc2CCC(=O)O)cc1. The summed E-state index contributed by atoms with van der Waals surface area (Å²) in [6.07, 6.45) is 2.51. The van der Waals surface area contributed by atoms with Crippen molar-refractivity contribution >= 4 is 5.97 Å². The molecule has 0 radical (unpaired) electrons. The molecule has 1 heterocycles. The van der Waals surface area contributed by atoms with Gasteiger partial charge in [-0.2, -0.15) is 5.10 Å². The Morgan fingerprint density at radius 3 is 2.41 bits per heavy atom. The van der Waals surface area contributed by atoms with Gasteiger partial charge in [-0.15, -0.1) is 0 Å². The van der Waals surface area contributed by atoms with Crippen molar-refractivity contribution in [3.05, 3.63) is 36.0 Å². The van der Waals surface area contributed by atoms with Crippen molar-refractivity contribution in [1.82, 2.24) is 9.78 Å². The van der Waals surface area contributed by atoms with Crippen molar-refractivity contribution in [3.8, 4) is 17.0 Å². The average molecular weight is 302 g/mol. The number of methoxy groups -OCH3 is 1. The van der Waals surface area contributed by atoms with Crippen molar-refractivity contribution in [1.29, 1.82) is 0 Å². The maximum absolute atomic E-state index is 10.9. The van der Waals surface area contributed by atoms with Crippen LogP contribution in [0.15, 0.2) is 30.5 Å². The first-order valence-electron chi connectivity index (χ1n) is 7.26. The van der Waals surface area contributed by atoms with Gasteiger partial charge in [-0.25, -0.2) is 0 Å². The first kappa shape index (κ1) is 16.1. The summed E-state index contributed by atoms with van der Waals surface area (Å²) >= 11 is 0. The molecule has 0 saturated carbocycles. The fraction of sp³-hybridized carbons (Fsp3) is 0.412. The topological polar surface area (TPSA) is 64.4 Å². The van der Waals surface area contributed by atoms with Crippen LogP contribution in [0.5, 0.6) is 5.75 Å². The number of aromatic nitrogens is 2. The maximum Gasteiger partial charge on any atom is 0.303 e. The smallest absolute Gasteiger partial charge is 0.303 e. The zero-order chi connectivity index (χ0) is 16.3. The first-order valence-corrected chi connectivity index (χ1v) is 7.26. The molecule has 0 fully saturated rings. The second-order valence-electron chi connectivity index (χ2n) is 6.24. The third-order valence-electron chi connectivity index (χ3n) is 3.45. The molecule has 0 unspecified atom stereocenters. The number of nitrogens with zero attached hydrogens (tertiary/aromatic N) is 2. The summed E-state index contributed by atoms with van der Waals surface area (Å²) in [5.41, 5.74) is 2.59. The average Bonchev–Trinajstić information content (AvgIpc) is 2.89. The number of rotatable bonds is 5. The number of aryl methyl sites for hydroxylation is 1. The highest BCUT2D eigenvalue weighted by Gasteiger charge is 2.19. The van der Waals surface area contributed by atoms with E-state index in [-0.39, 0.29) is 12.0 Å². The molecule has 2 rings (SSSR count). The number of carboxylic acids is 1. The second-order valence-corrected chi connectivity index (χ2v) is 6.24. The monoisotopic (exact) mass is 302 g/mol. The van der Waals surface area contributed by atoms with Crippen molar-refractivity contribution in [2.45, 2.75) is 39.2 Å². The number of benzene rings is 1. The molecule has 1 N–H and O–H groups in total.